The van der Waals surface area contributed by atoms with Crippen molar-refractivity contribution >= 4 is 6.09 Å². The first-order chi connectivity index (χ1) is 10.1. The molecule has 1 unspecified atom stereocenters. The lowest BCUT2D eigenvalue weighted by molar-refractivity contribution is -0.0908. The molecule has 3 rings (SSSR count). The Bertz CT molecular complexity index is 494. The highest BCUT2D eigenvalue weighted by atomic mass is 16.6. The van der Waals surface area contributed by atoms with E-state index in [1.807, 2.05) is 42.2 Å². The molecule has 1 N–H and O–H groups in total. The topological polar surface area (TPSA) is 49.8 Å². The molecule has 0 bridgehead atoms. The third-order valence-electron chi connectivity index (χ3n) is 4.96. The summed E-state index contributed by atoms with van der Waals surface area (Å²) in [6.45, 7) is 2.77. The van der Waals surface area contributed by atoms with Crippen LogP contribution in [-0.2, 0) is 4.74 Å². The Morgan fingerprint density at radius 3 is 2.52 bits per heavy atom. The molecule has 1 aliphatic heterocycles. The van der Waals surface area contributed by atoms with Gasteiger partial charge in [-0.2, -0.15) is 0 Å². The van der Waals surface area contributed by atoms with Crippen molar-refractivity contribution < 1.29 is 14.6 Å². The zero-order valence-corrected chi connectivity index (χ0v) is 12.5. The second-order valence-electron chi connectivity index (χ2n) is 6.31. The van der Waals surface area contributed by atoms with Crippen molar-refractivity contribution in [2.45, 2.75) is 56.8 Å². The Hall–Kier alpha value is -1.55. The SMILES string of the molecule is CC(c1ccccc1)N1CC[C@]2(CC[C@@H](O)CC2)OC1=O. The van der Waals surface area contributed by atoms with E-state index < -0.39 is 0 Å². The summed E-state index contributed by atoms with van der Waals surface area (Å²) in [4.78, 5) is 14.2. The van der Waals surface area contributed by atoms with E-state index >= 15 is 0 Å². The average molecular weight is 289 g/mol. The lowest BCUT2D eigenvalue weighted by Gasteiger charge is -2.45. The van der Waals surface area contributed by atoms with Gasteiger partial charge in [-0.3, -0.25) is 0 Å². The predicted molar refractivity (Wildman–Crippen MR) is 79.9 cm³/mol. The molecule has 2 aliphatic rings. The number of carbonyl (C=O) groups excluding carboxylic acids is 1. The maximum Gasteiger partial charge on any atom is 0.410 e. The van der Waals surface area contributed by atoms with Crippen LogP contribution in [0.5, 0.6) is 0 Å². The molecule has 114 valence electrons. The van der Waals surface area contributed by atoms with Gasteiger partial charge in [0, 0.05) is 13.0 Å². The van der Waals surface area contributed by atoms with Gasteiger partial charge in [0.05, 0.1) is 12.1 Å². The molecule has 4 heteroatoms. The minimum Gasteiger partial charge on any atom is -0.443 e. The fourth-order valence-corrected chi connectivity index (χ4v) is 3.45. The van der Waals surface area contributed by atoms with Gasteiger partial charge in [0.15, 0.2) is 0 Å². The van der Waals surface area contributed by atoms with Crippen LogP contribution < -0.4 is 0 Å². The molecule has 4 nitrogen and oxygen atoms in total. The normalized spacial score (nSPS) is 31.0. The fourth-order valence-electron chi connectivity index (χ4n) is 3.45. The Morgan fingerprint density at radius 2 is 1.90 bits per heavy atom. The molecule has 1 saturated heterocycles. The maximum atomic E-state index is 12.4. The Balaban J connectivity index is 1.68. The maximum absolute atomic E-state index is 12.4. The number of rotatable bonds is 2. The lowest BCUT2D eigenvalue weighted by Crippen LogP contribution is -2.52. The van der Waals surface area contributed by atoms with Gasteiger partial charge in [-0.05, 0) is 38.2 Å². The van der Waals surface area contributed by atoms with Crippen LogP contribution in [0.25, 0.3) is 0 Å². The largest absolute Gasteiger partial charge is 0.443 e. The average Bonchev–Trinajstić information content (AvgIpc) is 2.51. The molecule has 21 heavy (non-hydrogen) atoms. The molecule has 2 fully saturated rings. The predicted octanol–water partition coefficient (Wildman–Crippen LogP) is 3.26. The van der Waals surface area contributed by atoms with Gasteiger partial charge in [0.2, 0.25) is 0 Å². The molecule has 1 aliphatic carbocycles. The van der Waals surface area contributed by atoms with E-state index in [1.54, 1.807) is 0 Å². The molecule has 1 aromatic carbocycles. The summed E-state index contributed by atoms with van der Waals surface area (Å²) >= 11 is 0. The zero-order valence-electron chi connectivity index (χ0n) is 12.5. The highest BCUT2D eigenvalue weighted by Crippen LogP contribution is 2.39. The number of hydrogen-bond acceptors (Lipinski definition) is 3. The summed E-state index contributed by atoms with van der Waals surface area (Å²) in [5, 5.41) is 9.63. The minimum atomic E-state index is -0.330. The molecule has 1 heterocycles. The summed E-state index contributed by atoms with van der Waals surface area (Å²) in [5.41, 5.74) is 0.799. The second kappa shape index (κ2) is 5.68. The summed E-state index contributed by atoms with van der Waals surface area (Å²) in [6.07, 6.45) is 3.47. The van der Waals surface area contributed by atoms with E-state index in [9.17, 15) is 9.90 Å². The van der Waals surface area contributed by atoms with Crippen LogP contribution in [0.15, 0.2) is 30.3 Å². The van der Waals surface area contributed by atoms with Crippen LogP contribution in [0.3, 0.4) is 0 Å². The van der Waals surface area contributed by atoms with Crippen molar-refractivity contribution in [1.29, 1.82) is 0 Å². The smallest absolute Gasteiger partial charge is 0.410 e. The van der Waals surface area contributed by atoms with E-state index in [1.165, 1.54) is 0 Å². The van der Waals surface area contributed by atoms with E-state index in [0.29, 0.717) is 0 Å². The first-order valence-electron chi connectivity index (χ1n) is 7.82. The number of benzene rings is 1. The van der Waals surface area contributed by atoms with Crippen LogP contribution in [0.4, 0.5) is 4.79 Å². The van der Waals surface area contributed by atoms with E-state index in [4.69, 9.17) is 4.74 Å². The Labute approximate surface area is 125 Å². The van der Waals surface area contributed by atoms with E-state index in [0.717, 1.165) is 44.2 Å². The van der Waals surface area contributed by atoms with Crippen molar-refractivity contribution in [3.05, 3.63) is 35.9 Å². The number of ether oxygens (including phenoxy) is 1. The van der Waals surface area contributed by atoms with Crippen LogP contribution in [0, 0.1) is 0 Å². The molecule has 1 atom stereocenters. The van der Waals surface area contributed by atoms with Crippen LogP contribution in [-0.4, -0.2) is 34.3 Å². The van der Waals surface area contributed by atoms with Gasteiger partial charge in [-0.25, -0.2) is 4.79 Å². The van der Waals surface area contributed by atoms with Crippen LogP contribution in [0.1, 0.15) is 50.6 Å². The molecule has 1 aromatic rings. The minimum absolute atomic E-state index is 0.0326. The third kappa shape index (κ3) is 2.91. The number of aliphatic hydroxyl groups is 1. The highest BCUT2D eigenvalue weighted by molar-refractivity contribution is 5.69. The summed E-state index contributed by atoms with van der Waals surface area (Å²) < 4.78 is 5.79. The van der Waals surface area contributed by atoms with Crippen molar-refractivity contribution in [1.82, 2.24) is 4.90 Å². The first kappa shape index (κ1) is 14.4. The fraction of sp³-hybridized carbons (Fsp3) is 0.588. The molecule has 0 aromatic heterocycles. The standard InChI is InChI=1S/C17H23NO3/c1-13(14-5-3-2-4-6-14)18-12-11-17(21-16(18)20)9-7-15(19)8-10-17/h2-6,13,15,19H,7-12H2,1H3/t13?,15-,17-. The van der Waals surface area contributed by atoms with Gasteiger partial charge < -0.3 is 14.7 Å². The van der Waals surface area contributed by atoms with Gasteiger partial charge in [-0.15, -0.1) is 0 Å². The molecule has 1 amide bonds. The van der Waals surface area contributed by atoms with Gasteiger partial charge >= 0.3 is 6.09 Å². The molecule has 1 spiro atoms. The molecule has 0 radical (unpaired) electrons. The number of nitrogens with zero attached hydrogens (tertiary/aromatic N) is 1. The van der Waals surface area contributed by atoms with Crippen LogP contribution in [0.2, 0.25) is 0 Å². The summed E-state index contributed by atoms with van der Waals surface area (Å²) in [6, 6.07) is 10.1. The van der Waals surface area contributed by atoms with Gasteiger partial charge in [0.1, 0.15) is 5.60 Å². The number of carbonyl (C=O) groups is 1. The molecule has 1 saturated carbocycles. The molecular weight excluding hydrogens is 266 g/mol. The van der Waals surface area contributed by atoms with Crippen molar-refractivity contribution in [3.63, 3.8) is 0 Å². The van der Waals surface area contributed by atoms with Crippen LogP contribution >= 0.6 is 0 Å². The summed E-state index contributed by atoms with van der Waals surface area (Å²) in [5.74, 6) is 0. The third-order valence-corrected chi connectivity index (χ3v) is 4.96. The van der Waals surface area contributed by atoms with Crippen molar-refractivity contribution in [2.24, 2.45) is 0 Å². The Kier molecular flexibility index (Phi) is 3.89. The Morgan fingerprint density at radius 1 is 1.24 bits per heavy atom. The molecular formula is C17H23NO3. The summed E-state index contributed by atoms with van der Waals surface area (Å²) in [7, 11) is 0. The van der Waals surface area contributed by atoms with Gasteiger partial charge in [0.25, 0.3) is 0 Å². The first-order valence-corrected chi connectivity index (χ1v) is 7.82. The van der Waals surface area contributed by atoms with Gasteiger partial charge in [-0.1, -0.05) is 30.3 Å². The zero-order chi connectivity index (χ0) is 14.9. The quantitative estimate of drug-likeness (QED) is 0.909. The highest BCUT2D eigenvalue weighted by Gasteiger charge is 2.44. The second-order valence-corrected chi connectivity index (χ2v) is 6.31. The van der Waals surface area contributed by atoms with E-state index in [2.05, 4.69) is 0 Å². The number of hydrogen-bond donors (Lipinski definition) is 1. The lowest BCUT2D eigenvalue weighted by atomic mass is 9.80. The number of aliphatic hydroxyl groups excluding tert-OH is 1. The monoisotopic (exact) mass is 289 g/mol. The van der Waals surface area contributed by atoms with Crippen molar-refractivity contribution in [3.8, 4) is 0 Å². The number of amides is 1. The van der Waals surface area contributed by atoms with Crippen molar-refractivity contribution in [2.75, 3.05) is 6.54 Å². The van der Waals surface area contributed by atoms with E-state index in [-0.39, 0.29) is 23.8 Å².